The number of methoxy groups -OCH3 is 1. The Bertz CT molecular complexity index is 1810. The molecule has 0 radical (unpaired) electrons. The van der Waals surface area contributed by atoms with Gasteiger partial charge in [0.05, 0.1) is 32.4 Å². The summed E-state index contributed by atoms with van der Waals surface area (Å²) in [5.41, 5.74) is -0.128. The highest BCUT2D eigenvalue weighted by Crippen LogP contribution is 2.48. The largest absolute Gasteiger partial charge is 0.493 e. The van der Waals surface area contributed by atoms with E-state index in [1.54, 1.807) is 31.5 Å². The molecule has 10 nitrogen and oxygen atoms in total. The second kappa shape index (κ2) is 12.8. The van der Waals surface area contributed by atoms with E-state index >= 15 is 4.39 Å². The van der Waals surface area contributed by atoms with Crippen LogP contribution in [0.25, 0.3) is 10.9 Å². The van der Waals surface area contributed by atoms with Gasteiger partial charge in [-0.3, -0.25) is 19.5 Å². The number of nitrogens with zero attached hydrogens (tertiary/aromatic N) is 2. The maximum atomic E-state index is 15.3. The minimum atomic E-state index is -1.28. The van der Waals surface area contributed by atoms with Crippen LogP contribution in [0.4, 0.5) is 20.2 Å². The topological polar surface area (TPSA) is 111 Å². The molecule has 12 heteroatoms. The number of anilines is 2. The minimum absolute atomic E-state index is 0.0622. The van der Waals surface area contributed by atoms with E-state index in [0.29, 0.717) is 65.2 Å². The number of halogens is 2. The summed E-state index contributed by atoms with van der Waals surface area (Å²) in [4.78, 5) is 32.8. The van der Waals surface area contributed by atoms with Gasteiger partial charge in [0.15, 0.2) is 23.1 Å². The third-order valence-electron chi connectivity index (χ3n) is 8.97. The lowest BCUT2D eigenvalue weighted by molar-refractivity contribution is -0.131. The number of pyridine rings is 1. The molecule has 2 unspecified atom stereocenters. The summed E-state index contributed by atoms with van der Waals surface area (Å²) in [6, 6.07) is 15.0. The molecule has 0 spiro atoms. The number of benzene rings is 3. The first kappa shape index (κ1) is 30.8. The number of rotatable bonds is 11. The molecule has 4 aromatic rings. The molecule has 244 valence electrons. The van der Waals surface area contributed by atoms with Crippen molar-refractivity contribution >= 4 is 34.1 Å². The number of ether oxygens (including phenoxy) is 4. The van der Waals surface area contributed by atoms with Gasteiger partial charge >= 0.3 is 0 Å². The summed E-state index contributed by atoms with van der Waals surface area (Å²) in [5.74, 6) is -0.367. The highest BCUT2D eigenvalue weighted by atomic mass is 19.1. The third kappa shape index (κ3) is 6.56. The summed E-state index contributed by atoms with van der Waals surface area (Å²) in [6.07, 6.45) is 3.35. The Kier molecular flexibility index (Phi) is 8.37. The number of hydrogen-bond donors (Lipinski definition) is 2. The van der Waals surface area contributed by atoms with E-state index in [9.17, 15) is 14.0 Å². The molecule has 2 atom stereocenters. The zero-order valence-electron chi connectivity index (χ0n) is 25.8. The summed E-state index contributed by atoms with van der Waals surface area (Å²) in [6.45, 7) is 4.00. The number of morpholine rings is 1. The fourth-order valence-electron chi connectivity index (χ4n) is 5.95. The fraction of sp³-hybridized carbons (Fsp3) is 0.343. The lowest BCUT2D eigenvalue weighted by Gasteiger charge is -2.27. The first-order valence-electron chi connectivity index (χ1n) is 15.6. The van der Waals surface area contributed by atoms with Crippen LogP contribution in [0, 0.1) is 23.0 Å². The summed E-state index contributed by atoms with van der Waals surface area (Å²) >= 11 is 0. The molecule has 2 aliphatic carbocycles. The van der Waals surface area contributed by atoms with Crippen molar-refractivity contribution in [1.29, 1.82) is 0 Å². The number of amides is 2. The highest BCUT2D eigenvalue weighted by Gasteiger charge is 2.56. The molecule has 2 amide bonds. The van der Waals surface area contributed by atoms with Crippen LogP contribution in [0.5, 0.6) is 23.0 Å². The molecule has 2 heterocycles. The third-order valence-corrected chi connectivity index (χ3v) is 8.97. The summed E-state index contributed by atoms with van der Waals surface area (Å²) < 4.78 is 51.7. The number of hydrogen-bond acceptors (Lipinski definition) is 8. The Morgan fingerprint density at radius 2 is 1.64 bits per heavy atom. The number of fused-ring (bicyclic) bond motifs is 1. The second-order valence-electron chi connectivity index (χ2n) is 12.1. The first-order valence-corrected chi connectivity index (χ1v) is 15.6. The van der Waals surface area contributed by atoms with Gasteiger partial charge in [0.1, 0.15) is 17.0 Å². The van der Waals surface area contributed by atoms with Gasteiger partial charge in [-0.2, -0.15) is 0 Å². The minimum Gasteiger partial charge on any atom is -0.493 e. The number of aromatic nitrogens is 1. The van der Waals surface area contributed by atoms with Crippen LogP contribution in [0.3, 0.4) is 0 Å². The molecule has 1 saturated heterocycles. The Balaban J connectivity index is 1.01. The molecule has 47 heavy (non-hydrogen) atoms. The molecule has 3 aromatic carbocycles. The van der Waals surface area contributed by atoms with Crippen molar-refractivity contribution in [3.8, 4) is 23.0 Å². The molecule has 0 bridgehead atoms. The number of nitrogens with one attached hydrogen (secondary N) is 2. The van der Waals surface area contributed by atoms with Crippen molar-refractivity contribution in [3.05, 3.63) is 78.5 Å². The zero-order valence-corrected chi connectivity index (χ0v) is 25.8. The molecule has 1 aliphatic heterocycles. The smallest absolute Gasteiger partial charge is 0.240 e. The van der Waals surface area contributed by atoms with Crippen molar-refractivity contribution in [1.82, 2.24) is 9.88 Å². The Morgan fingerprint density at radius 3 is 2.34 bits per heavy atom. The molecule has 3 fully saturated rings. The van der Waals surface area contributed by atoms with E-state index in [-0.39, 0.29) is 11.4 Å². The maximum Gasteiger partial charge on any atom is 0.240 e. The van der Waals surface area contributed by atoms with E-state index in [0.717, 1.165) is 38.8 Å². The van der Waals surface area contributed by atoms with Gasteiger partial charge in [-0.25, -0.2) is 8.78 Å². The van der Waals surface area contributed by atoms with E-state index in [4.69, 9.17) is 18.9 Å². The molecule has 7 rings (SSSR count). The van der Waals surface area contributed by atoms with Gasteiger partial charge in [-0.05, 0) is 67.8 Å². The monoisotopic (exact) mass is 644 g/mol. The summed E-state index contributed by atoms with van der Waals surface area (Å²) in [7, 11) is 1.56. The molecular formula is C35H34F2N4O6. The number of carbonyl (C=O) groups excluding carboxylic acids is 2. The van der Waals surface area contributed by atoms with Crippen LogP contribution in [0.15, 0.2) is 66.9 Å². The van der Waals surface area contributed by atoms with Crippen molar-refractivity contribution in [3.63, 3.8) is 0 Å². The van der Waals surface area contributed by atoms with E-state index < -0.39 is 28.9 Å². The van der Waals surface area contributed by atoms with Crippen molar-refractivity contribution in [2.75, 3.05) is 50.7 Å². The second-order valence-corrected chi connectivity index (χ2v) is 12.1. The van der Waals surface area contributed by atoms with Crippen molar-refractivity contribution in [2.45, 2.75) is 25.3 Å². The van der Waals surface area contributed by atoms with Gasteiger partial charge in [0.2, 0.25) is 11.8 Å². The molecule has 2 N–H and O–H groups in total. The molecule has 1 aromatic heterocycles. The lowest BCUT2D eigenvalue weighted by atomic mass is 10.0. The normalized spacial score (nSPS) is 19.9. The van der Waals surface area contributed by atoms with E-state index in [2.05, 4.69) is 20.5 Å². The van der Waals surface area contributed by atoms with Crippen LogP contribution in [0.1, 0.15) is 19.3 Å². The van der Waals surface area contributed by atoms with Crippen LogP contribution < -0.4 is 24.8 Å². The Labute approximate surface area is 270 Å². The van der Waals surface area contributed by atoms with Crippen LogP contribution in [0.2, 0.25) is 0 Å². The number of carbonyl (C=O) groups is 2. The SMILES string of the molecule is COc1cc2c(Oc3ccc(NC(=O)C4(C(=O)Nc5ccc(F)cc5)CC4)cc3F)ccnc2cc1OCC1CC1N1CCOCC1. The van der Waals surface area contributed by atoms with Crippen LogP contribution in [-0.2, 0) is 14.3 Å². The Hall–Kier alpha value is -4.81. The molecule has 2 saturated carbocycles. The van der Waals surface area contributed by atoms with E-state index in [1.165, 1.54) is 36.4 Å². The van der Waals surface area contributed by atoms with Crippen LogP contribution in [-0.4, -0.2) is 67.8 Å². The predicted octanol–water partition coefficient (Wildman–Crippen LogP) is 5.77. The van der Waals surface area contributed by atoms with Gasteiger partial charge < -0.3 is 29.6 Å². The molecule has 3 aliphatic rings. The van der Waals surface area contributed by atoms with Gasteiger partial charge in [0.25, 0.3) is 0 Å². The van der Waals surface area contributed by atoms with Crippen molar-refractivity contribution < 1.29 is 37.3 Å². The standard InChI is InChI=1S/C35H34F2N4O6/c1-44-31-18-25-27(19-32(31)46-20-21-16-28(21)41-12-14-45-15-13-41)38-11-8-29(25)47-30-7-6-24(17-26(30)37)40-34(43)35(9-10-35)33(42)39-23-4-2-22(36)3-5-23/h2-8,11,17-19,21,28H,9-10,12-16,20H2,1H3,(H,39,42)(H,40,43). The lowest BCUT2D eigenvalue weighted by Crippen LogP contribution is -2.38. The predicted molar refractivity (Wildman–Crippen MR) is 170 cm³/mol. The molecular weight excluding hydrogens is 610 g/mol. The average Bonchev–Trinajstić information content (AvgIpc) is 4.02. The Morgan fingerprint density at radius 1 is 0.915 bits per heavy atom. The summed E-state index contributed by atoms with van der Waals surface area (Å²) in [5, 5.41) is 5.90. The van der Waals surface area contributed by atoms with Gasteiger partial charge in [-0.1, -0.05) is 0 Å². The zero-order chi connectivity index (χ0) is 32.5. The highest BCUT2D eigenvalue weighted by molar-refractivity contribution is 6.16. The van der Waals surface area contributed by atoms with Gasteiger partial charge in [-0.15, -0.1) is 0 Å². The van der Waals surface area contributed by atoms with Gasteiger partial charge in [0, 0.05) is 60.1 Å². The fourth-order valence-corrected chi connectivity index (χ4v) is 5.95. The average molecular weight is 645 g/mol. The maximum absolute atomic E-state index is 15.3. The van der Waals surface area contributed by atoms with Crippen LogP contribution >= 0.6 is 0 Å². The quantitative estimate of drug-likeness (QED) is 0.198. The van der Waals surface area contributed by atoms with E-state index in [1.807, 2.05) is 0 Å². The van der Waals surface area contributed by atoms with Crippen molar-refractivity contribution in [2.24, 2.45) is 11.3 Å². The first-order chi connectivity index (χ1) is 22.8.